The molecule has 3 nitrogen and oxygen atoms in total. The molecule has 0 radical (unpaired) electrons. The molecule has 3 heteroatoms. The Labute approximate surface area is 100 Å². The van der Waals surface area contributed by atoms with E-state index in [1.54, 1.807) is 0 Å². The van der Waals surface area contributed by atoms with E-state index in [9.17, 15) is 5.11 Å². The highest BCUT2D eigenvalue weighted by atomic mass is 16.3. The van der Waals surface area contributed by atoms with Crippen LogP contribution in [0.25, 0.3) is 0 Å². The first-order valence-corrected chi connectivity index (χ1v) is 6.82. The van der Waals surface area contributed by atoms with Crippen molar-refractivity contribution in [1.82, 2.24) is 4.90 Å². The summed E-state index contributed by atoms with van der Waals surface area (Å²) in [5.74, 6) is 0. The minimum Gasteiger partial charge on any atom is -0.394 e. The Morgan fingerprint density at radius 3 is 2.31 bits per heavy atom. The second-order valence-corrected chi connectivity index (χ2v) is 5.23. The minimum absolute atomic E-state index is 0.115. The molecule has 1 aliphatic rings. The highest BCUT2D eigenvalue weighted by molar-refractivity contribution is 4.81. The molecule has 16 heavy (non-hydrogen) atoms. The molecule has 0 aliphatic carbocycles. The summed E-state index contributed by atoms with van der Waals surface area (Å²) in [6.07, 6.45) is 8.40. The van der Waals surface area contributed by atoms with Gasteiger partial charge in [0.2, 0.25) is 0 Å². The Hall–Kier alpha value is -0.120. The van der Waals surface area contributed by atoms with E-state index in [1.165, 1.54) is 38.8 Å². The zero-order valence-electron chi connectivity index (χ0n) is 10.7. The molecule has 1 aliphatic heterocycles. The number of likely N-dealkylation sites (tertiary alicyclic amines) is 1. The number of nitrogens with zero attached hydrogens (tertiary/aromatic N) is 1. The number of hydrogen-bond acceptors (Lipinski definition) is 3. The summed E-state index contributed by atoms with van der Waals surface area (Å²) in [6.45, 7) is 5.83. The van der Waals surface area contributed by atoms with Gasteiger partial charge < -0.3 is 15.7 Å². The van der Waals surface area contributed by atoms with Gasteiger partial charge in [-0.15, -0.1) is 0 Å². The summed E-state index contributed by atoms with van der Waals surface area (Å²) in [5.41, 5.74) is 5.73. The average molecular weight is 228 g/mol. The quantitative estimate of drug-likeness (QED) is 0.728. The van der Waals surface area contributed by atoms with Gasteiger partial charge in [-0.1, -0.05) is 19.8 Å². The highest BCUT2D eigenvalue weighted by Crippen LogP contribution is 2.15. The molecule has 1 saturated heterocycles. The van der Waals surface area contributed by atoms with Crippen LogP contribution in [0.2, 0.25) is 0 Å². The fraction of sp³-hybridized carbons (Fsp3) is 1.00. The molecule has 0 aromatic carbocycles. The van der Waals surface area contributed by atoms with Crippen LogP contribution >= 0.6 is 0 Å². The van der Waals surface area contributed by atoms with Crippen molar-refractivity contribution in [2.24, 2.45) is 5.73 Å². The third kappa shape index (κ3) is 4.81. The topological polar surface area (TPSA) is 49.5 Å². The van der Waals surface area contributed by atoms with Crippen LogP contribution < -0.4 is 5.73 Å². The van der Waals surface area contributed by atoms with E-state index in [2.05, 4.69) is 11.8 Å². The van der Waals surface area contributed by atoms with Crippen LogP contribution in [0.3, 0.4) is 0 Å². The molecule has 0 amide bonds. The van der Waals surface area contributed by atoms with Crippen molar-refractivity contribution in [2.45, 2.75) is 57.4 Å². The molecule has 1 unspecified atom stereocenters. The van der Waals surface area contributed by atoms with Crippen molar-refractivity contribution in [3.8, 4) is 0 Å². The van der Waals surface area contributed by atoms with E-state index < -0.39 is 0 Å². The van der Waals surface area contributed by atoms with Crippen LogP contribution in [0, 0.1) is 0 Å². The van der Waals surface area contributed by atoms with Gasteiger partial charge in [0.05, 0.1) is 6.61 Å². The third-order valence-corrected chi connectivity index (χ3v) is 3.87. The Bertz CT molecular complexity index is 173. The first-order chi connectivity index (χ1) is 7.70. The standard InChI is InChI=1S/C13H28N2O/c1-2-13(14,12-16)8-7-11-15-9-5-3-4-6-10-15/h16H,2-12,14H2,1H3. The van der Waals surface area contributed by atoms with E-state index in [0.717, 1.165) is 25.8 Å². The second-order valence-electron chi connectivity index (χ2n) is 5.23. The molecular formula is C13H28N2O. The summed E-state index contributed by atoms with van der Waals surface area (Å²) in [5, 5.41) is 9.23. The van der Waals surface area contributed by atoms with Crippen molar-refractivity contribution < 1.29 is 5.11 Å². The van der Waals surface area contributed by atoms with Crippen LogP contribution in [0.15, 0.2) is 0 Å². The number of nitrogens with two attached hydrogens (primary N) is 1. The Balaban J connectivity index is 2.18. The molecule has 1 rings (SSSR count). The fourth-order valence-corrected chi connectivity index (χ4v) is 2.38. The minimum atomic E-state index is -0.341. The molecule has 0 bridgehead atoms. The van der Waals surface area contributed by atoms with E-state index in [1.807, 2.05) is 0 Å². The zero-order valence-corrected chi connectivity index (χ0v) is 10.7. The molecule has 0 spiro atoms. The van der Waals surface area contributed by atoms with Gasteiger partial charge in [-0.25, -0.2) is 0 Å². The lowest BCUT2D eigenvalue weighted by Gasteiger charge is -2.27. The largest absolute Gasteiger partial charge is 0.394 e. The first kappa shape index (κ1) is 13.9. The maximum absolute atomic E-state index is 9.23. The van der Waals surface area contributed by atoms with Gasteiger partial charge in [0.15, 0.2) is 0 Å². The number of hydrogen-bond donors (Lipinski definition) is 2. The molecule has 3 N–H and O–H groups in total. The molecule has 0 aromatic rings. The monoisotopic (exact) mass is 228 g/mol. The summed E-state index contributed by atoms with van der Waals surface area (Å²) < 4.78 is 0. The van der Waals surface area contributed by atoms with Crippen molar-refractivity contribution in [2.75, 3.05) is 26.2 Å². The lowest BCUT2D eigenvalue weighted by Crippen LogP contribution is -2.43. The molecule has 1 fully saturated rings. The fourth-order valence-electron chi connectivity index (χ4n) is 2.38. The van der Waals surface area contributed by atoms with E-state index in [-0.39, 0.29) is 12.1 Å². The Morgan fingerprint density at radius 1 is 1.19 bits per heavy atom. The van der Waals surface area contributed by atoms with Gasteiger partial charge >= 0.3 is 0 Å². The third-order valence-electron chi connectivity index (χ3n) is 3.87. The van der Waals surface area contributed by atoms with Gasteiger partial charge in [-0.3, -0.25) is 0 Å². The summed E-state index contributed by atoms with van der Waals surface area (Å²) in [6, 6.07) is 0. The van der Waals surface area contributed by atoms with Gasteiger partial charge in [0.1, 0.15) is 0 Å². The number of rotatable bonds is 6. The van der Waals surface area contributed by atoms with Crippen molar-refractivity contribution in [3.63, 3.8) is 0 Å². The molecule has 0 aromatic heterocycles. The van der Waals surface area contributed by atoms with Gasteiger partial charge in [-0.2, -0.15) is 0 Å². The zero-order chi connectivity index (χ0) is 11.9. The average Bonchev–Trinajstić information content (AvgIpc) is 2.57. The Kier molecular flexibility index (Phi) is 6.32. The van der Waals surface area contributed by atoms with Gasteiger partial charge in [-0.05, 0) is 51.7 Å². The lowest BCUT2D eigenvalue weighted by molar-refractivity contribution is 0.172. The van der Waals surface area contributed by atoms with Crippen LogP contribution in [-0.2, 0) is 0 Å². The number of aliphatic hydroxyl groups is 1. The van der Waals surface area contributed by atoms with E-state index in [4.69, 9.17) is 5.73 Å². The Morgan fingerprint density at radius 2 is 1.81 bits per heavy atom. The number of aliphatic hydroxyl groups excluding tert-OH is 1. The summed E-state index contributed by atoms with van der Waals surface area (Å²) in [4.78, 5) is 2.56. The SMILES string of the molecule is CCC(N)(CO)CCCN1CCCCCC1. The summed E-state index contributed by atoms with van der Waals surface area (Å²) >= 11 is 0. The lowest BCUT2D eigenvalue weighted by atomic mass is 9.92. The van der Waals surface area contributed by atoms with Crippen molar-refractivity contribution >= 4 is 0 Å². The maximum Gasteiger partial charge on any atom is 0.0611 e. The highest BCUT2D eigenvalue weighted by Gasteiger charge is 2.21. The normalized spacial score (nSPS) is 22.7. The van der Waals surface area contributed by atoms with Crippen LogP contribution in [-0.4, -0.2) is 41.8 Å². The molecule has 0 saturated carbocycles. The van der Waals surface area contributed by atoms with E-state index in [0.29, 0.717) is 0 Å². The predicted octanol–water partition coefficient (Wildman–Crippen LogP) is 1.74. The molecule has 96 valence electrons. The predicted molar refractivity (Wildman–Crippen MR) is 68.4 cm³/mol. The summed E-state index contributed by atoms with van der Waals surface area (Å²) in [7, 11) is 0. The molecule has 1 atom stereocenters. The van der Waals surface area contributed by atoms with Crippen molar-refractivity contribution in [3.05, 3.63) is 0 Å². The van der Waals surface area contributed by atoms with Crippen molar-refractivity contribution in [1.29, 1.82) is 0 Å². The smallest absolute Gasteiger partial charge is 0.0611 e. The second kappa shape index (κ2) is 7.25. The maximum atomic E-state index is 9.23. The molecule has 1 heterocycles. The van der Waals surface area contributed by atoms with Gasteiger partial charge in [0, 0.05) is 5.54 Å². The first-order valence-electron chi connectivity index (χ1n) is 6.82. The van der Waals surface area contributed by atoms with Crippen LogP contribution in [0.4, 0.5) is 0 Å². The molecular weight excluding hydrogens is 200 g/mol. The van der Waals surface area contributed by atoms with Gasteiger partial charge in [0.25, 0.3) is 0 Å². The van der Waals surface area contributed by atoms with E-state index >= 15 is 0 Å². The van der Waals surface area contributed by atoms with Crippen LogP contribution in [0.1, 0.15) is 51.9 Å². The van der Waals surface area contributed by atoms with Crippen LogP contribution in [0.5, 0.6) is 0 Å².